The molecule has 13 heteroatoms. The van der Waals surface area contributed by atoms with E-state index in [2.05, 4.69) is 25.2 Å². The predicted octanol–water partition coefficient (Wildman–Crippen LogP) is 4.39. The third kappa shape index (κ3) is 6.58. The second kappa shape index (κ2) is 12.1. The maximum atomic E-state index is 12.9. The van der Waals surface area contributed by atoms with Crippen molar-refractivity contribution < 1.29 is 18.0 Å². The van der Waals surface area contributed by atoms with Gasteiger partial charge in [-0.3, -0.25) is 14.3 Å². The summed E-state index contributed by atoms with van der Waals surface area (Å²) < 4.78 is 27.9. The lowest BCUT2D eigenvalue weighted by Crippen LogP contribution is -2.50. The molecule has 4 aromatic rings. The van der Waals surface area contributed by atoms with Gasteiger partial charge in [0.2, 0.25) is 11.9 Å². The Morgan fingerprint density at radius 2 is 1.52 bits per heavy atom. The third-order valence-corrected chi connectivity index (χ3v) is 8.10. The van der Waals surface area contributed by atoms with Gasteiger partial charge in [0.15, 0.2) is 0 Å². The fraction of sp³-hybridized carbons (Fsp3) is 0.172. The van der Waals surface area contributed by atoms with Crippen LogP contribution in [-0.2, 0) is 14.8 Å². The first kappa shape index (κ1) is 28.4. The van der Waals surface area contributed by atoms with Crippen LogP contribution in [0.3, 0.4) is 0 Å². The van der Waals surface area contributed by atoms with Crippen LogP contribution in [-0.4, -0.2) is 66.2 Å². The topological polar surface area (TPSA) is 154 Å². The van der Waals surface area contributed by atoms with E-state index in [0.29, 0.717) is 54.8 Å². The monoisotopic (exact) mass is 585 g/mol. The van der Waals surface area contributed by atoms with Gasteiger partial charge in [0.05, 0.1) is 10.6 Å². The number of hydrogen-bond donors (Lipinski definition) is 2. The van der Waals surface area contributed by atoms with Gasteiger partial charge in [-0.2, -0.15) is 0 Å². The minimum atomic E-state index is -3.91. The van der Waals surface area contributed by atoms with Crippen LogP contribution in [0.5, 0.6) is 0 Å². The maximum Gasteiger partial charge on any atom is 0.261 e. The molecule has 0 radical (unpaired) electrons. The Labute approximate surface area is 242 Å². The van der Waals surface area contributed by atoms with Gasteiger partial charge in [0.1, 0.15) is 5.69 Å². The Morgan fingerprint density at radius 3 is 2.19 bits per heavy atom. The highest BCUT2D eigenvalue weighted by Gasteiger charge is 2.23. The number of amides is 2. The van der Waals surface area contributed by atoms with Crippen LogP contribution in [0, 0.1) is 4.91 Å². The van der Waals surface area contributed by atoms with Crippen LogP contribution in [0.4, 0.5) is 23.0 Å². The summed E-state index contributed by atoms with van der Waals surface area (Å²) in [6.45, 7) is 3.59. The molecule has 1 saturated heterocycles. The summed E-state index contributed by atoms with van der Waals surface area (Å²) in [5.74, 6) is 0.279. The number of carbonyl (C=O) groups excluding carboxylic acids is 2. The zero-order valence-corrected chi connectivity index (χ0v) is 23.4. The lowest BCUT2D eigenvalue weighted by Gasteiger charge is -2.34. The number of piperazine rings is 1. The van der Waals surface area contributed by atoms with E-state index in [-0.39, 0.29) is 22.4 Å². The summed E-state index contributed by atoms with van der Waals surface area (Å²) in [4.78, 5) is 47.4. The molecule has 0 unspecified atom stereocenters. The molecule has 1 aliphatic heterocycles. The van der Waals surface area contributed by atoms with E-state index in [1.165, 1.54) is 31.2 Å². The highest BCUT2D eigenvalue weighted by molar-refractivity contribution is 7.92. The van der Waals surface area contributed by atoms with Crippen LogP contribution in [0.25, 0.3) is 11.3 Å². The molecular weight excluding hydrogens is 558 g/mol. The fourth-order valence-corrected chi connectivity index (χ4v) is 5.54. The van der Waals surface area contributed by atoms with Gasteiger partial charge in [-0.25, -0.2) is 18.4 Å². The Kier molecular flexibility index (Phi) is 8.20. The highest BCUT2D eigenvalue weighted by Crippen LogP contribution is 2.24. The molecule has 5 rings (SSSR count). The predicted molar refractivity (Wildman–Crippen MR) is 158 cm³/mol. The average Bonchev–Trinajstić information content (AvgIpc) is 3.01. The molecule has 1 aliphatic rings. The molecule has 3 aromatic carbocycles. The molecular formula is C29H27N7O5S. The number of carbonyl (C=O) groups is 2. The Balaban J connectivity index is 1.22. The van der Waals surface area contributed by atoms with Gasteiger partial charge in [-0.05, 0) is 65.8 Å². The first-order chi connectivity index (χ1) is 20.2. The number of nitrogens with zero attached hydrogens (tertiary/aromatic N) is 5. The summed E-state index contributed by atoms with van der Waals surface area (Å²) >= 11 is 0. The van der Waals surface area contributed by atoms with Gasteiger partial charge in [0.25, 0.3) is 15.9 Å². The number of sulfonamides is 1. The number of nitroso groups, excluding NO2 is 1. The molecule has 1 aromatic heterocycles. The van der Waals surface area contributed by atoms with Gasteiger partial charge in [-0.15, -0.1) is 4.91 Å². The molecule has 214 valence electrons. The van der Waals surface area contributed by atoms with Crippen molar-refractivity contribution in [1.82, 2.24) is 19.8 Å². The van der Waals surface area contributed by atoms with E-state index >= 15 is 0 Å². The third-order valence-electron chi connectivity index (χ3n) is 6.72. The minimum absolute atomic E-state index is 0.0149. The molecule has 0 saturated carbocycles. The standard InChI is InChI=1S/C29H27N7O5S/c1-20(37)35-15-17-36(18-16-35)28(38)22-7-9-23(10-8-22)31-29-30-14-13-27(32-29)21-5-11-24(12-6-21)34-42(40,41)26-4-2-3-25(19-26)33-39/h2-14,19,34H,15-18H2,1H3,(H,30,31,32). The second-order valence-electron chi connectivity index (χ2n) is 9.54. The number of rotatable bonds is 8. The molecule has 2 N–H and O–H groups in total. The number of nitrogens with one attached hydrogen (secondary N) is 2. The molecule has 2 amide bonds. The highest BCUT2D eigenvalue weighted by atomic mass is 32.2. The Bertz CT molecular complexity index is 1720. The van der Waals surface area contributed by atoms with Crippen LogP contribution in [0.1, 0.15) is 17.3 Å². The van der Waals surface area contributed by atoms with Crippen molar-refractivity contribution in [3.63, 3.8) is 0 Å². The van der Waals surface area contributed by atoms with E-state index in [9.17, 15) is 22.9 Å². The van der Waals surface area contributed by atoms with E-state index in [0.717, 1.165) is 5.56 Å². The molecule has 12 nitrogen and oxygen atoms in total. The Morgan fingerprint density at radius 1 is 0.857 bits per heavy atom. The van der Waals surface area contributed by atoms with Gasteiger partial charge >= 0.3 is 0 Å². The molecule has 0 bridgehead atoms. The lowest BCUT2D eigenvalue weighted by molar-refractivity contribution is -0.130. The number of aromatic nitrogens is 2. The van der Waals surface area contributed by atoms with Gasteiger partial charge in [0, 0.05) is 61.8 Å². The second-order valence-corrected chi connectivity index (χ2v) is 11.2. The van der Waals surface area contributed by atoms with Crippen molar-refractivity contribution in [2.45, 2.75) is 11.8 Å². The van der Waals surface area contributed by atoms with E-state index in [1.54, 1.807) is 70.6 Å². The van der Waals surface area contributed by atoms with Crippen molar-refractivity contribution in [2.24, 2.45) is 5.18 Å². The summed E-state index contributed by atoms with van der Waals surface area (Å²) in [5.41, 5.74) is 2.96. The summed E-state index contributed by atoms with van der Waals surface area (Å²) in [7, 11) is -3.91. The van der Waals surface area contributed by atoms with Crippen molar-refractivity contribution in [2.75, 3.05) is 36.2 Å². The average molecular weight is 586 g/mol. The van der Waals surface area contributed by atoms with Crippen LogP contribution < -0.4 is 10.0 Å². The normalized spacial score (nSPS) is 13.4. The van der Waals surface area contributed by atoms with Crippen molar-refractivity contribution in [3.05, 3.63) is 95.5 Å². The van der Waals surface area contributed by atoms with Crippen LogP contribution >= 0.6 is 0 Å². The molecule has 1 fully saturated rings. The number of hydrogen-bond acceptors (Lipinski definition) is 9. The lowest BCUT2D eigenvalue weighted by atomic mass is 10.1. The summed E-state index contributed by atoms with van der Waals surface area (Å²) in [6.07, 6.45) is 1.61. The first-order valence-electron chi connectivity index (χ1n) is 13.0. The maximum absolute atomic E-state index is 12.9. The summed E-state index contributed by atoms with van der Waals surface area (Å²) in [5, 5.41) is 5.92. The molecule has 42 heavy (non-hydrogen) atoms. The minimum Gasteiger partial charge on any atom is -0.339 e. The van der Waals surface area contributed by atoms with E-state index in [4.69, 9.17) is 0 Å². The van der Waals surface area contributed by atoms with Crippen molar-refractivity contribution >= 4 is 44.8 Å². The molecule has 0 spiro atoms. The Hall–Kier alpha value is -5.17. The van der Waals surface area contributed by atoms with E-state index < -0.39 is 10.0 Å². The zero-order chi connectivity index (χ0) is 29.7. The van der Waals surface area contributed by atoms with Gasteiger partial charge in [-0.1, -0.05) is 18.2 Å². The quantitative estimate of drug-likeness (QED) is 0.289. The van der Waals surface area contributed by atoms with Crippen LogP contribution in [0.15, 0.2) is 95.1 Å². The van der Waals surface area contributed by atoms with Crippen molar-refractivity contribution in [1.29, 1.82) is 0 Å². The van der Waals surface area contributed by atoms with E-state index in [1.807, 2.05) is 0 Å². The smallest absolute Gasteiger partial charge is 0.261 e. The number of benzene rings is 3. The zero-order valence-electron chi connectivity index (χ0n) is 22.6. The SMILES string of the molecule is CC(=O)N1CCN(C(=O)c2ccc(Nc3nccc(-c4ccc(NS(=O)(=O)c5cccc(N=O)c5)cc4)n3)cc2)CC1. The van der Waals surface area contributed by atoms with Crippen LogP contribution in [0.2, 0.25) is 0 Å². The first-order valence-corrected chi connectivity index (χ1v) is 14.5. The number of anilines is 3. The van der Waals surface area contributed by atoms with Crippen molar-refractivity contribution in [3.8, 4) is 11.3 Å². The van der Waals surface area contributed by atoms with Gasteiger partial charge < -0.3 is 15.1 Å². The summed E-state index contributed by atoms with van der Waals surface area (Å²) in [6, 6.07) is 20.9. The fourth-order valence-electron chi connectivity index (χ4n) is 4.44. The largest absolute Gasteiger partial charge is 0.339 e. The molecule has 0 atom stereocenters. The molecule has 0 aliphatic carbocycles. The molecule has 2 heterocycles.